The SMILES string of the molecule is CCc1ccc(Cn2nnc3cccnc32)cc1Br. The topological polar surface area (TPSA) is 43.6 Å². The molecule has 0 atom stereocenters. The number of rotatable bonds is 3. The second-order valence-electron chi connectivity index (χ2n) is 4.37. The predicted octanol–water partition coefficient (Wildman–Crippen LogP) is 3.20. The average molecular weight is 317 g/mol. The van der Waals surface area contributed by atoms with Gasteiger partial charge in [0.1, 0.15) is 5.52 Å². The molecule has 3 rings (SSSR count). The number of hydrogen-bond donors (Lipinski definition) is 0. The Labute approximate surface area is 119 Å². The third kappa shape index (κ3) is 2.38. The van der Waals surface area contributed by atoms with Gasteiger partial charge in [-0.15, -0.1) is 5.10 Å². The molecule has 0 fully saturated rings. The average Bonchev–Trinajstić information content (AvgIpc) is 2.83. The molecule has 2 aromatic heterocycles. The molecule has 19 heavy (non-hydrogen) atoms. The van der Waals surface area contributed by atoms with E-state index in [2.05, 4.69) is 56.3 Å². The van der Waals surface area contributed by atoms with Crippen LogP contribution in [0, 0.1) is 0 Å². The molecule has 0 saturated heterocycles. The fourth-order valence-electron chi connectivity index (χ4n) is 2.07. The van der Waals surface area contributed by atoms with Crippen molar-refractivity contribution in [1.82, 2.24) is 20.0 Å². The van der Waals surface area contributed by atoms with E-state index < -0.39 is 0 Å². The van der Waals surface area contributed by atoms with Gasteiger partial charge in [-0.2, -0.15) is 0 Å². The zero-order valence-corrected chi connectivity index (χ0v) is 12.1. The van der Waals surface area contributed by atoms with Gasteiger partial charge in [-0.25, -0.2) is 9.67 Å². The molecule has 1 aromatic carbocycles. The summed E-state index contributed by atoms with van der Waals surface area (Å²) in [6.07, 6.45) is 2.78. The van der Waals surface area contributed by atoms with Crippen LogP contribution in [0.4, 0.5) is 0 Å². The summed E-state index contributed by atoms with van der Waals surface area (Å²) in [5, 5.41) is 8.26. The number of hydrogen-bond acceptors (Lipinski definition) is 3. The first kappa shape index (κ1) is 12.3. The zero-order chi connectivity index (χ0) is 13.2. The fraction of sp³-hybridized carbons (Fsp3) is 0.214. The third-order valence-corrected chi connectivity index (χ3v) is 3.84. The summed E-state index contributed by atoms with van der Waals surface area (Å²) >= 11 is 3.60. The van der Waals surface area contributed by atoms with Crippen LogP contribution in [-0.2, 0) is 13.0 Å². The van der Waals surface area contributed by atoms with Crippen LogP contribution in [0.15, 0.2) is 41.0 Å². The van der Waals surface area contributed by atoms with E-state index in [1.54, 1.807) is 6.20 Å². The van der Waals surface area contributed by atoms with E-state index in [1.165, 1.54) is 11.1 Å². The van der Waals surface area contributed by atoms with Crippen LogP contribution in [0.2, 0.25) is 0 Å². The highest BCUT2D eigenvalue weighted by Gasteiger charge is 2.06. The Bertz CT molecular complexity index is 720. The lowest BCUT2D eigenvalue weighted by Crippen LogP contribution is -2.03. The van der Waals surface area contributed by atoms with Crippen molar-refractivity contribution < 1.29 is 0 Å². The molecule has 4 nitrogen and oxygen atoms in total. The van der Waals surface area contributed by atoms with Gasteiger partial charge in [0.05, 0.1) is 6.54 Å². The van der Waals surface area contributed by atoms with Gasteiger partial charge in [-0.05, 0) is 35.7 Å². The smallest absolute Gasteiger partial charge is 0.178 e. The second kappa shape index (κ2) is 5.09. The molecule has 0 aliphatic heterocycles. The minimum absolute atomic E-state index is 0.677. The summed E-state index contributed by atoms with van der Waals surface area (Å²) in [6.45, 7) is 2.82. The monoisotopic (exact) mass is 316 g/mol. The van der Waals surface area contributed by atoms with Crippen molar-refractivity contribution >= 4 is 27.1 Å². The fourth-order valence-corrected chi connectivity index (χ4v) is 2.77. The summed E-state index contributed by atoms with van der Waals surface area (Å²) in [4.78, 5) is 4.32. The number of fused-ring (bicyclic) bond motifs is 1. The molecule has 5 heteroatoms. The highest BCUT2D eigenvalue weighted by molar-refractivity contribution is 9.10. The molecule has 0 amide bonds. The van der Waals surface area contributed by atoms with Crippen molar-refractivity contribution in [3.8, 4) is 0 Å². The van der Waals surface area contributed by atoms with Gasteiger partial charge in [0.15, 0.2) is 5.65 Å². The van der Waals surface area contributed by atoms with Gasteiger partial charge in [0.2, 0.25) is 0 Å². The number of halogens is 1. The number of aryl methyl sites for hydroxylation is 1. The lowest BCUT2D eigenvalue weighted by Gasteiger charge is -2.06. The molecule has 0 N–H and O–H groups in total. The van der Waals surface area contributed by atoms with Crippen molar-refractivity contribution in [3.63, 3.8) is 0 Å². The van der Waals surface area contributed by atoms with E-state index in [-0.39, 0.29) is 0 Å². The maximum absolute atomic E-state index is 4.32. The van der Waals surface area contributed by atoms with Crippen LogP contribution in [0.25, 0.3) is 11.2 Å². The quantitative estimate of drug-likeness (QED) is 0.745. The van der Waals surface area contributed by atoms with Crippen LogP contribution in [-0.4, -0.2) is 20.0 Å². The normalized spacial score (nSPS) is 11.1. The predicted molar refractivity (Wildman–Crippen MR) is 77.9 cm³/mol. The maximum atomic E-state index is 4.32. The molecule has 96 valence electrons. The summed E-state index contributed by atoms with van der Waals surface area (Å²) in [7, 11) is 0. The van der Waals surface area contributed by atoms with E-state index in [0.29, 0.717) is 6.54 Å². The van der Waals surface area contributed by atoms with Crippen LogP contribution in [0.1, 0.15) is 18.1 Å². The minimum atomic E-state index is 0.677. The standard InChI is InChI=1S/C14H13BrN4/c1-2-11-6-5-10(8-12(11)15)9-19-14-13(17-18-19)4-3-7-16-14/h3-8H,2,9H2,1H3. The number of benzene rings is 1. The van der Waals surface area contributed by atoms with Gasteiger partial charge >= 0.3 is 0 Å². The minimum Gasteiger partial charge on any atom is -0.235 e. The first-order valence-corrected chi connectivity index (χ1v) is 6.98. The van der Waals surface area contributed by atoms with E-state index in [1.807, 2.05) is 16.8 Å². The molecule has 3 aromatic rings. The Kier molecular flexibility index (Phi) is 3.29. The van der Waals surface area contributed by atoms with Crippen LogP contribution < -0.4 is 0 Å². The Balaban J connectivity index is 1.95. The molecule has 0 radical (unpaired) electrons. The van der Waals surface area contributed by atoms with E-state index in [9.17, 15) is 0 Å². The molecule has 0 saturated carbocycles. The van der Waals surface area contributed by atoms with E-state index in [0.717, 1.165) is 22.1 Å². The lowest BCUT2D eigenvalue weighted by molar-refractivity contribution is 0.663. The van der Waals surface area contributed by atoms with Gasteiger partial charge in [0.25, 0.3) is 0 Å². The summed E-state index contributed by atoms with van der Waals surface area (Å²) in [5.74, 6) is 0. The van der Waals surface area contributed by atoms with Gasteiger partial charge in [-0.1, -0.05) is 40.2 Å². The highest BCUT2D eigenvalue weighted by Crippen LogP contribution is 2.20. The largest absolute Gasteiger partial charge is 0.235 e. The van der Waals surface area contributed by atoms with Crippen molar-refractivity contribution in [2.24, 2.45) is 0 Å². The number of nitrogens with zero attached hydrogens (tertiary/aromatic N) is 4. The maximum Gasteiger partial charge on any atom is 0.178 e. The first-order valence-electron chi connectivity index (χ1n) is 6.19. The van der Waals surface area contributed by atoms with Crippen molar-refractivity contribution in [2.45, 2.75) is 19.9 Å². The number of aromatic nitrogens is 4. The van der Waals surface area contributed by atoms with E-state index >= 15 is 0 Å². The molecule has 0 aliphatic rings. The Hall–Kier alpha value is -1.75. The summed E-state index contributed by atoms with van der Waals surface area (Å²) in [5.41, 5.74) is 4.14. The Morgan fingerprint density at radius 1 is 1.26 bits per heavy atom. The molecular weight excluding hydrogens is 304 g/mol. The summed E-state index contributed by atoms with van der Waals surface area (Å²) < 4.78 is 2.97. The third-order valence-electron chi connectivity index (χ3n) is 3.10. The number of pyridine rings is 1. The molecule has 0 unspecified atom stereocenters. The lowest BCUT2D eigenvalue weighted by atomic mass is 10.1. The zero-order valence-electron chi connectivity index (χ0n) is 10.5. The van der Waals surface area contributed by atoms with Crippen molar-refractivity contribution in [2.75, 3.05) is 0 Å². The molecule has 0 aliphatic carbocycles. The molecule has 0 spiro atoms. The van der Waals surface area contributed by atoms with Gasteiger partial charge in [-0.3, -0.25) is 0 Å². The van der Waals surface area contributed by atoms with Crippen LogP contribution >= 0.6 is 15.9 Å². The van der Waals surface area contributed by atoms with Crippen LogP contribution in [0.5, 0.6) is 0 Å². The van der Waals surface area contributed by atoms with Crippen molar-refractivity contribution in [1.29, 1.82) is 0 Å². The van der Waals surface area contributed by atoms with Crippen LogP contribution in [0.3, 0.4) is 0 Å². The van der Waals surface area contributed by atoms with Gasteiger partial charge in [0, 0.05) is 10.7 Å². The molecule has 2 heterocycles. The highest BCUT2D eigenvalue weighted by atomic mass is 79.9. The van der Waals surface area contributed by atoms with Gasteiger partial charge < -0.3 is 0 Å². The van der Waals surface area contributed by atoms with Crippen molar-refractivity contribution in [3.05, 3.63) is 52.1 Å². The Morgan fingerprint density at radius 2 is 2.16 bits per heavy atom. The second-order valence-corrected chi connectivity index (χ2v) is 5.23. The molecular formula is C14H13BrN4. The van der Waals surface area contributed by atoms with E-state index in [4.69, 9.17) is 0 Å². The summed E-state index contributed by atoms with van der Waals surface area (Å²) in [6, 6.07) is 10.2. The first-order chi connectivity index (χ1) is 9.28. The Morgan fingerprint density at radius 3 is 2.95 bits per heavy atom. The molecule has 0 bridgehead atoms.